The number of nitrogen functional groups attached to an aromatic ring is 1. The standard InChI is InChI=1S/C8H10BrN3OS/c1-4-2-12-7(13)5(9)6(10)11-8(12)14-3-4/h4H,2-3,10H2,1H3. The van der Waals surface area contributed by atoms with Crippen molar-refractivity contribution in [2.75, 3.05) is 11.5 Å². The summed E-state index contributed by atoms with van der Waals surface area (Å²) in [5.74, 6) is 1.78. The molecule has 1 aromatic rings. The zero-order chi connectivity index (χ0) is 10.3. The van der Waals surface area contributed by atoms with Crippen LogP contribution in [0, 0.1) is 5.92 Å². The zero-order valence-electron chi connectivity index (χ0n) is 7.66. The van der Waals surface area contributed by atoms with Crippen LogP contribution in [0.25, 0.3) is 0 Å². The van der Waals surface area contributed by atoms with Gasteiger partial charge in [-0.1, -0.05) is 18.7 Å². The molecule has 0 fully saturated rings. The summed E-state index contributed by atoms with van der Waals surface area (Å²) in [5.41, 5.74) is 5.52. The van der Waals surface area contributed by atoms with E-state index in [-0.39, 0.29) is 11.4 Å². The molecule has 0 spiro atoms. The molecular weight excluding hydrogens is 266 g/mol. The van der Waals surface area contributed by atoms with Gasteiger partial charge in [-0.15, -0.1) is 0 Å². The Kier molecular flexibility index (Phi) is 2.57. The molecule has 0 saturated heterocycles. The van der Waals surface area contributed by atoms with Gasteiger partial charge in [0.25, 0.3) is 5.56 Å². The number of hydrogen-bond acceptors (Lipinski definition) is 4. The normalized spacial score (nSPS) is 20.6. The van der Waals surface area contributed by atoms with Crippen LogP contribution in [0.3, 0.4) is 0 Å². The smallest absolute Gasteiger partial charge is 0.270 e. The van der Waals surface area contributed by atoms with Crippen molar-refractivity contribution in [2.24, 2.45) is 5.92 Å². The van der Waals surface area contributed by atoms with E-state index in [1.54, 1.807) is 16.3 Å². The van der Waals surface area contributed by atoms with Crippen LogP contribution in [0.5, 0.6) is 0 Å². The molecule has 2 heterocycles. The molecule has 1 aliphatic rings. The average molecular weight is 276 g/mol. The number of anilines is 1. The molecule has 0 amide bonds. The average Bonchev–Trinajstić information content (AvgIpc) is 2.16. The Labute approximate surface area is 94.0 Å². The van der Waals surface area contributed by atoms with Gasteiger partial charge in [-0.3, -0.25) is 9.36 Å². The molecule has 76 valence electrons. The molecular formula is C8H10BrN3OS. The number of rotatable bonds is 0. The van der Waals surface area contributed by atoms with Gasteiger partial charge < -0.3 is 5.73 Å². The Hall–Kier alpha value is -0.490. The van der Waals surface area contributed by atoms with Crippen molar-refractivity contribution >= 4 is 33.5 Å². The maximum atomic E-state index is 11.8. The first-order chi connectivity index (χ1) is 6.59. The first-order valence-electron chi connectivity index (χ1n) is 4.28. The van der Waals surface area contributed by atoms with Gasteiger partial charge in [0.15, 0.2) is 5.16 Å². The van der Waals surface area contributed by atoms with E-state index in [4.69, 9.17) is 5.73 Å². The van der Waals surface area contributed by atoms with Crippen molar-refractivity contribution in [1.82, 2.24) is 9.55 Å². The van der Waals surface area contributed by atoms with Gasteiger partial charge in [-0.2, -0.15) is 0 Å². The molecule has 6 heteroatoms. The van der Waals surface area contributed by atoms with Gasteiger partial charge in [0.1, 0.15) is 10.3 Å². The lowest BCUT2D eigenvalue weighted by atomic mass is 10.2. The number of fused-ring (bicyclic) bond motifs is 1. The van der Waals surface area contributed by atoms with Crippen LogP contribution < -0.4 is 11.3 Å². The Balaban J connectivity index is 2.61. The molecule has 1 aromatic heterocycles. The molecule has 0 saturated carbocycles. The summed E-state index contributed by atoms with van der Waals surface area (Å²) in [6.45, 7) is 2.85. The number of nitrogens with zero attached hydrogens (tertiary/aromatic N) is 2. The van der Waals surface area contributed by atoms with E-state index in [9.17, 15) is 4.79 Å². The van der Waals surface area contributed by atoms with Crippen LogP contribution in [-0.2, 0) is 6.54 Å². The van der Waals surface area contributed by atoms with Gasteiger partial charge >= 0.3 is 0 Å². The van der Waals surface area contributed by atoms with E-state index in [0.717, 1.165) is 17.5 Å². The molecule has 0 aromatic carbocycles. The highest BCUT2D eigenvalue weighted by Crippen LogP contribution is 2.26. The molecule has 0 radical (unpaired) electrons. The minimum absolute atomic E-state index is 0.0773. The van der Waals surface area contributed by atoms with Gasteiger partial charge in [0.05, 0.1) is 0 Å². The fourth-order valence-corrected chi connectivity index (χ4v) is 2.70. The molecule has 2 N–H and O–H groups in total. The van der Waals surface area contributed by atoms with Crippen LogP contribution in [0.1, 0.15) is 6.92 Å². The molecule has 2 rings (SSSR count). The van der Waals surface area contributed by atoms with Crippen LogP contribution in [0.2, 0.25) is 0 Å². The van der Waals surface area contributed by atoms with Crippen LogP contribution in [0.15, 0.2) is 14.4 Å². The van der Waals surface area contributed by atoms with E-state index in [2.05, 4.69) is 27.8 Å². The maximum absolute atomic E-state index is 11.8. The third kappa shape index (κ3) is 1.56. The second-order valence-corrected chi connectivity index (χ2v) is 5.21. The number of halogens is 1. The van der Waals surface area contributed by atoms with Gasteiger partial charge in [-0.25, -0.2) is 4.98 Å². The van der Waals surface area contributed by atoms with Crippen molar-refractivity contribution < 1.29 is 0 Å². The minimum atomic E-state index is -0.0773. The Morgan fingerprint density at radius 3 is 3.14 bits per heavy atom. The summed E-state index contributed by atoms with van der Waals surface area (Å²) in [5, 5.41) is 0.730. The summed E-state index contributed by atoms with van der Waals surface area (Å²) in [7, 11) is 0. The van der Waals surface area contributed by atoms with Crippen LogP contribution in [0.4, 0.5) is 5.82 Å². The third-order valence-corrected chi connectivity index (χ3v) is 4.15. The lowest BCUT2D eigenvalue weighted by Crippen LogP contribution is -2.31. The largest absolute Gasteiger partial charge is 0.383 e. The first kappa shape index (κ1) is 10.0. The molecule has 1 aliphatic heterocycles. The van der Waals surface area contributed by atoms with Crippen molar-refractivity contribution in [3.05, 3.63) is 14.8 Å². The molecule has 4 nitrogen and oxygen atoms in total. The van der Waals surface area contributed by atoms with Crippen molar-refractivity contribution in [2.45, 2.75) is 18.6 Å². The minimum Gasteiger partial charge on any atom is -0.383 e. The summed E-state index contributed by atoms with van der Waals surface area (Å²) in [6.07, 6.45) is 0. The molecule has 1 unspecified atom stereocenters. The molecule has 14 heavy (non-hydrogen) atoms. The van der Waals surface area contributed by atoms with Crippen molar-refractivity contribution in [3.63, 3.8) is 0 Å². The topological polar surface area (TPSA) is 60.9 Å². The summed E-state index contributed by atoms with van der Waals surface area (Å²) < 4.78 is 2.05. The molecule has 0 aliphatic carbocycles. The van der Waals surface area contributed by atoms with Crippen LogP contribution >= 0.6 is 27.7 Å². The second kappa shape index (κ2) is 3.58. The van der Waals surface area contributed by atoms with E-state index < -0.39 is 0 Å². The maximum Gasteiger partial charge on any atom is 0.270 e. The highest BCUT2D eigenvalue weighted by molar-refractivity contribution is 9.10. The fourth-order valence-electron chi connectivity index (χ4n) is 1.38. The van der Waals surface area contributed by atoms with Crippen LogP contribution in [-0.4, -0.2) is 15.3 Å². The Morgan fingerprint density at radius 2 is 2.43 bits per heavy atom. The number of nitrogens with two attached hydrogens (primary N) is 1. The highest BCUT2D eigenvalue weighted by Gasteiger charge is 2.20. The lowest BCUT2D eigenvalue weighted by Gasteiger charge is -2.22. The first-order valence-corrected chi connectivity index (χ1v) is 6.06. The predicted molar refractivity (Wildman–Crippen MR) is 60.5 cm³/mol. The summed E-state index contributed by atoms with van der Waals surface area (Å²) in [6, 6.07) is 0. The lowest BCUT2D eigenvalue weighted by molar-refractivity contribution is 0.459. The van der Waals surface area contributed by atoms with Gasteiger partial charge in [0.2, 0.25) is 0 Å². The second-order valence-electron chi connectivity index (χ2n) is 3.43. The Bertz CT molecular complexity index is 431. The van der Waals surface area contributed by atoms with E-state index in [1.807, 2.05) is 0 Å². The number of aromatic nitrogens is 2. The van der Waals surface area contributed by atoms with E-state index >= 15 is 0 Å². The monoisotopic (exact) mass is 275 g/mol. The number of hydrogen-bond donors (Lipinski definition) is 1. The Morgan fingerprint density at radius 1 is 1.71 bits per heavy atom. The van der Waals surface area contributed by atoms with Gasteiger partial charge in [0, 0.05) is 12.3 Å². The predicted octanol–water partition coefficient (Wildman–Crippen LogP) is 1.33. The van der Waals surface area contributed by atoms with Crippen molar-refractivity contribution in [1.29, 1.82) is 0 Å². The van der Waals surface area contributed by atoms with E-state index in [0.29, 0.717) is 10.4 Å². The zero-order valence-corrected chi connectivity index (χ0v) is 10.1. The quantitative estimate of drug-likeness (QED) is 0.726. The summed E-state index contributed by atoms with van der Waals surface area (Å²) in [4.78, 5) is 15.9. The van der Waals surface area contributed by atoms with Crippen molar-refractivity contribution in [3.8, 4) is 0 Å². The molecule has 0 bridgehead atoms. The van der Waals surface area contributed by atoms with Gasteiger partial charge in [-0.05, 0) is 21.8 Å². The molecule has 1 atom stereocenters. The van der Waals surface area contributed by atoms with E-state index in [1.165, 1.54) is 0 Å². The highest BCUT2D eigenvalue weighted by atomic mass is 79.9. The summed E-state index contributed by atoms with van der Waals surface area (Å²) >= 11 is 4.73. The third-order valence-electron chi connectivity index (χ3n) is 2.10. The number of thioether (sulfide) groups is 1. The fraction of sp³-hybridized carbons (Fsp3) is 0.500. The SMILES string of the molecule is CC1CSc2nc(N)c(Br)c(=O)n2C1.